The van der Waals surface area contributed by atoms with Gasteiger partial charge in [-0.3, -0.25) is 0 Å². The lowest BCUT2D eigenvalue weighted by Gasteiger charge is -2.25. The maximum absolute atomic E-state index is 10.1. The van der Waals surface area contributed by atoms with Crippen LogP contribution in [0.5, 0.6) is 0 Å². The molecule has 0 bridgehead atoms. The molecule has 2 nitrogen and oxygen atoms in total. The molecule has 17 heavy (non-hydrogen) atoms. The monoisotopic (exact) mass is 244 g/mol. The van der Waals surface area contributed by atoms with E-state index in [0.717, 1.165) is 32.1 Å². The third-order valence-corrected chi connectivity index (χ3v) is 3.54. The van der Waals surface area contributed by atoms with Crippen molar-refractivity contribution in [3.63, 3.8) is 0 Å². The predicted octanol–water partition coefficient (Wildman–Crippen LogP) is 4.04. The van der Waals surface area contributed by atoms with Gasteiger partial charge in [0.05, 0.1) is 12.2 Å². The van der Waals surface area contributed by atoms with Crippen LogP contribution in [-0.4, -0.2) is 22.4 Å². The van der Waals surface area contributed by atoms with Crippen molar-refractivity contribution in [3.05, 3.63) is 0 Å². The Morgan fingerprint density at radius 1 is 0.706 bits per heavy atom. The van der Waals surface area contributed by atoms with E-state index in [1.54, 1.807) is 0 Å². The molecule has 0 radical (unpaired) electrons. The molecular formula is C15H32O2. The van der Waals surface area contributed by atoms with Crippen molar-refractivity contribution in [3.8, 4) is 0 Å². The van der Waals surface area contributed by atoms with Crippen LogP contribution < -0.4 is 0 Å². The molecule has 2 N–H and O–H groups in total. The number of hydrogen-bond acceptors (Lipinski definition) is 2. The summed E-state index contributed by atoms with van der Waals surface area (Å²) in [5.41, 5.74) is -0.806. The van der Waals surface area contributed by atoms with Gasteiger partial charge in [0.25, 0.3) is 0 Å². The standard InChI is InChI=1S/C15H32O2/c1-3-5-7-8-9-10-11-13-15(17,14-16)12-6-4-2/h16-17H,3-14H2,1-2H3. The summed E-state index contributed by atoms with van der Waals surface area (Å²) in [5, 5.41) is 19.4. The highest BCUT2D eigenvalue weighted by Crippen LogP contribution is 2.21. The van der Waals surface area contributed by atoms with Gasteiger partial charge in [-0.25, -0.2) is 0 Å². The lowest BCUT2D eigenvalue weighted by molar-refractivity contribution is -0.0311. The van der Waals surface area contributed by atoms with Crippen LogP contribution in [0, 0.1) is 0 Å². The van der Waals surface area contributed by atoms with Gasteiger partial charge in [-0.1, -0.05) is 71.6 Å². The van der Waals surface area contributed by atoms with E-state index in [1.807, 2.05) is 0 Å². The summed E-state index contributed by atoms with van der Waals surface area (Å²) in [6, 6.07) is 0. The Morgan fingerprint density at radius 3 is 1.71 bits per heavy atom. The van der Waals surface area contributed by atoms with E-state index >= 15 is 0 Å². The smallest absolute Gasteiger partial charge is 0.0877 e. The van der Waals surface area contributed by atoms with E-state index in [2.05, 4.69) is 13.8 Å². The summed E-state index contributed by atoms with van der Waals surface area (Å²) in [6.07, 6.45) is 12.4. The molecule has 2 heteroatoms. The highest BCUT2D eigenvalue weighted by Gasteiger charge is 2.24. The van der Waals surface area contributed by atoms with Crippen LogP contribution in [0.25, 0.3) is 0 Å². The Kier molecular flexibility index (Phi) is 11.0. The van der Waals surface area contributed by atoms with Crippen molar-refractivity contribution >= 4 is 0 Å². The minimum atomic E-state index is -0.806. The molecule has 0 heterocycles. The summed E-state index contributed by atoms with van der Waals surface area (Å²) < 4.78 is 0. The molecule has 0 saturated heterocycles. The molecular weight excluding hydrogens is 212 g/mol. The van der Waals surface area contributed by atoms with Gasteiger partial charge in [0, 0.05) is 0 Å². The molecule has 0 rings (SSSR count). The average Bonchev–Trinajstić information content (AvgIpc) is 2.35. The molecule has 0 aliphatic heterocycles. The van der Waals surface area contributed by atoms with Crippen molar-refractivity contribution in [1.29, 1.82) is 0 Å². The third kappa shape index (κ3) is 9.61. The van der Waals surface area contributed by atoms with Gasteiger partial charge >= 0.3 is 0 Å². The minimum absolute atomic E-state index is 0.0805. The summed E-state index contributed by atoms with van der Waals surface area (Å²) in [5.74, 6) is 0. The number of hydrogen-bond donors (Lipinski definition) is 2. The van der Waals surface area contributed by atoms with Crippen LogP contribution in [0.3, 0.4) is 0 Å². The second-order valence-electron chi connectivity index (χ2n) is 5.36. The first-order valence-electron chi connectivity index (χ1n) is 7.51. The number of aliphatic hydroxyl groups is 2. The molecule has 0 aromatic rings. The zero-order valence-corrected chi connectivity index (χ0v) is 11.9. The maximum atomic E-state index is 10.1. The Labute approximate surface area is 107 Å². The van der Waals surface area contributed by atoms with Crippen LogP contribution in [0.2, 0.25) is 0 Å². The zero-order chi connectivity index (χ0) is 13.0. The predicted molar refractivity (Wildman–Crippen MR) is 74.2 cm³/mol. The van der Waals surface area contributed by atoms with E-state index in [-0.39, 0.29) is 6.61 Å². The van der Waals surface area contributed by atoms with Crippen molar-refractivity contribution in [2.75, 3.05) is 6.61 Å². The van der Waals surface area contributed by atoms with E-state index in [0.29, 0.717) is 0 Å². The van der Waals surface area contributed by atoms with Crippen molar-refractivity contribution < 1.29 is 10.2 Å². The minimum Gasteiger partial charge on any atom is -0.393 e. The first kappa shape index (κ1) is 16.9. The topological polar surface area (TPSA) is 40.5 Å². The lowest BCUT2D eigenvalue weighted by atomic mass is 9.91. The quantitative estimate of drug-likeness (QED) is 0.509. The van der Waals surface area contributed by atoms with Crippen molar-refractivity contribution in [2.45, 2.75) is 90.1 Å². The summed E-state index contributed by atoms with van der Waals surface area (Å²) in [7, 11) is 0. The first-order chi connectivity index (χ1) is 8.18. The fourth-order valence-corrected chi connectivity index (χ4v) is 2.20. The second kappa shape index (κ2) is 11.0. The molecule has 0 aliphatic rings. The van der Waals surface area contributed by atoms with Crippen molar-refractivity contribution in [2.24, 2.45) is 0 Å². The molecule has 1 unspecified atom stereocenters. The Hall–Kier alpha value is -0.0800. The Balaban J connectivity index is 3.48. The van der Waals surface area contributed by atoms with Crippen LogP contribution in [0.1, 0.15) is 84.5 Å². The normalized spacial score (nSPS) is 14.8. The van der Waals surface area contributed by atoms with Gasteiger partial charge in [0.2, 0.25) is 0 Å². The fraction of sp³-hybridized carbons (Fsp3) is 1.00. The van der Waals surface area contributed by atoms with E-state index < -0.39 is 5.60 Å². The molecule has 0 spiro atoms. The zero-order valence-electron chi connectivity index (χ0n) is 11.9. The molecule has 0 aromatic carbocycles. The molecule has 0 fully saturated rings. The molecule has 0 aliphatic carbocycles. The Bertz CT molecular complexity index is 159. The fourth-order valence-electron chi connectivity index (χ4n) is 2.20. The summed E-state index contributed by atoms with van der Waals surface area (Å²) >= 11 is 0. The van der Waals surface area contributed by atoms with Gasteiger partial charge in [-0.15, -0.1) is 0 Å². The summed E-state index contributed by atoms with van der Waals surface area (Å²) in [6.45, 7) is 4.27. The second-order valence-corrected chi connectivity index (χ2v) is 5.36. The lowest BCUT2D eigenvalue weighted by Crippen LogP contribution is -2.33. The van der Waals surface area contributed by atoms with Gasteiger partial charge in [0.15, 0.2) is 0 Å². The first-order valence-corrected chi connectivity index (χ1v) is 7.51. The van der Waals surface area contributed by atoms with E-state index in [1.165, 1.54) is 38.5 Å². The van der Waals surface area contributed by atoms with Crippen LogP contribution in [0.15, 0.2) is 0 Å². The van der Waals surface area contributed by atoms with Crippen molar-refractivity contribution in [1.82, 2.24) is 0 Å². The Morgan fingerprint density at radius 2 is 1.18 bits per heavy atom. The van der Waals surface area contributed by atoms with Crippen LogP contribution >= 0.6 is 0 Å². The number of aliphatic hydroxyl groups excluding tert-OH is 1. The van der Waals surface area contributed by atoms with Gasteiger partial charge in [-0.2, -0.15) is 0 Å². The highest BCUT2D eigenvalue weighted by atomic mass is 16.3. The third-order valence-electron chi connectivity index (χ3n) is 3.54. The number of rotatable bonds is 12. The largest absolute Gasteiger partial charge is 0.393 e. The molecule has 0 saturated carbocycles. The molecule has 1 atom stereocenters. The van der Waals surface area contributed by atoms with Crippen LogP contribution in [-0.2, 0) is 0 Å². The van der Waals surface area contributed by atoms with Crippen LogP contribution in [0.4, 0.5) is 0 Å². The van der Waals surface area contributed by atoms with E-state index in [9.17, 15) is 10.2 Å². The van der Waals surface area contributed by atoms with Gasteiger partial charge in [0.1, 0.15) is 0 Å². The van der Waals surface area contributed by atoms with E-state index in [4.69, 9.17) is 0 Å². The average molecular weight is 244 g/mol. The van der Waals surface area contributed by atoms with Gasteiger partial charge in [-0.05, 0) is 12.8 Å². The van der Waals surface area contributed by atoms with Gasteiger partial charge < -0.3 is 10.2 Å². The SMILES string of the molecule is CCCCCCCCCC(O)(CO)CCCC. The molecule has 0 aromatic heterocycles. The summed E-state index contributed by atoms with van der Waals surface area (Å²) in [4.78, 5) is 0. The highest BCUT2D eigenvalue weighted by molar-refractivity contribution is 4.77. The maximum Gasteiger partial charge on any atom is 0.0877 e. The molecule has 0 amide bonds. The number of unbranched alkanes of at least 4 members (excludes halogenated alkanes) is 7. The molecule has 104 valence electrons.